The molecule has 3 nitrogen and oxygen atoms in total. The number of aryl methyl sites for hydroxylation is 2. The molecule has 0 radical (unpaired) electrons. The maximum Gasteiger partial charge on any atom is 0.251 e. The third-order valence-corrected chi connectivity index (χ3v) is 4.93. The standard InChI is InChI=1S/C18H24N2O/c1-11-4-5-14(8-11)10-19-18(21)15-6-7-17-16(9-15)12(2)13(3)20-17/h6-7,9,11,14,20H,4-5,8,10H2,1-3H3,(H,19,21). The molecule has 0 aliphatic heterocycles. The highest BCUT2D eigenvalue weighted by Crippen LogP contribution is 2.29. The van der Waals surface area contributed by atoms with Crippen LogP contribution in [0.2, 0.25) is 0 Å². The summed E-state index contributed by atoms with van der Waals surface area (Å²) < 4.78 is 0. The molecule has 2 aromatic rings. The first-order valence-electron chi connectivity index (χ1n) is 7.91. The molecule has 0 bridgehead atoms. The van der Waals surface area contributed by atoms with Crippen LogP contribution < -0.4 is 5.32 Å². The molecule has 1 aliphatic rings. The van der Waals surface area contributed by atoms with Gasteiger partial charge in [-0.05, 0) is 62.3 Å². The van der Waals surface area contributed by atoms with Crippen LogP contribution in [-0.2, 0) is 0 Å². The maximum atomic E-state index is 12.3. The van der Waals surface area contributed by atoms with Crippen molar-refractivity contribution in [2.45, 2.75) is 40.0 Å². The van der Waals surface area contributed by atoms with Crippen LogP contribution in [0.3, 0.4) is 0 Å². The van der Waals surface area contributed by atoms with E-state index in [1.165, 1.54) is 30.5 Å². The van der Waals surface area contributed by atoms with Crippen LogP contribution in [0.4, 0.5) is 0 Å². The topological polar surface area (TPSA) is 44.9 Å². The normalized spacial score (nSPS) is 21.9. The van der Waals surface area contributed by atoms with Gasteiger partial charge in [0.15, 0.2) is 0 Å². The molecule has 1 heterocycles. The number of hydrogen-bond donors (Lipinski definition) is 2. The first-order valence-corrected chi connectivity index (χ1v) is 7.91. The predicted molar refractivity (Wildman–Crippen MR) is 86.6 cm³/mol. The van der Waals surface area contributed by atoms with E-state index in [0.717, 1.165) is 28.9 Å². The van der Waals surface area contributed by atoms with Crippen LogP contribution in [0, 0.1) is 25.7 Å². The molecular formula is C18H24N2O. The van der Waals surface area contributed by atoms with Crippen LogP contribution >= 0.6 is 0 Å². The number of rotatable bonds is 3. The van der Waals surface area contributed by atoms with Crippen molar-refractivity contribution >= 4 is 16.8 Å². The summed E-state index contributed by atoms with van der Waals surface area (Å²) in [6, 6.07) is 5.91. The Morgan fingerprint density at radius 2 is 2.14 bits per heavy atom. The summed E-state index contributed by atoms with van der Waals surface area (Å²) in [6.07, 6.45) is 3.79. The fraction of sp³-hybridized carbons (Fsp3) is 0.500. The van der Waals surface area contributed by atoms with Crippen molar-refractivity contribution in [2.24, 2.45) is 11.8 Å². The number of fused-ring (bicyclic) bond motifs is 1. The van der Waals surface area contributed by atoms with Crippen LogP contribution in [0.1, 0.15) is 47.8 Å². The molecule has 1 amide bonds. The van der Waals surface area contributed by atoms with Crippen molar-refractivity contribution in [3.8, 4) is 0 Å². The SMILES string of the molecule is Cc1[nH]c2ccc(C(=O)NCC3CCC(C)C3)cc2c1C. The number of amides is 1. The van der Waals surface area contributed by atoms with Gasteiger partial charge >= 0.3 is 0 Å². The highest BCUT2D eigenvalue weighted by atomic mass is 16.1. The smallest absolute Gasteiger partial charge is 0.251 e. The van der Waals surface area contributed by atoms with E-state index in [1.54, 1.807) is 0 Å². The van der Waals surface area contributed by atoms with Gasteiger partial charge in [-0.2, -0.15) is 0 Å². The molecule has 2 N–H and O–H groups in total. The van der Waals surface area contributed by atoms with Gasteiger partial charge in [-0.3, -0.25) is 4.79 Å². The Morgan fingerprint density at radius 1 is 1.33 bits per heavy atom. The van der Waals surface area contributed by atoms with Crippen molar-refractivity contribution in [1.82, 2.24) is 10.3 Å². The second-order valence-corrected chi connectivity index (χ2v) is 6.63. The molecular weight excluding hydrogens is 260 g/mol. The van der Waals surface area contributed by atoms with Crippen molar-refractivity contribution < 1.29 is 4.79 Å². The summed E-state index contributed by atoms with van der Waals surface area (Å²) in [7, 11) is 0. The van der Waals surface area contributed by atoms with E-state index in [9.17, 15) is 4.79 Å². The monoisotopic (exact) mass is 284 g/mol. The van der Waals surface area contributed by atoms with E-state index in [1.807, 2.05) is 18.2 Å². The van der Waals surface area contributed by atoms with Crippen molar-refractivity contribution in [2.75, 3.05) is 6.54 Å². The van der Waals surface area contributed by atoms with E-state index in [4.69, 9.17) is 0 Å². The molecule has 1 aliphatic carbocycles. The molecule has 1 saturated carbocycles. The molecule has 0 saturated heterocycles. The fourth-order valence-corrected chi connectivity index (χ4v) is 3.45. The number of benzene rings is 1. The number of aromatic amines is 1. The Balaban J connectivity index is 1.71. The molecule has 112 valence electrons. The second-order valence-electron chi connectivity index (χ2n) is 6.63. The zero-order chi connectivity index (χ0) is 15.0. The third kappa shape index (κ3) is 2.82. The van der Waals surface area contributed by atoms with E-state index in [0.29, 0.717) is 5.92 Å². The first-order chi connectivity index (χ1) is 10.0. The van der Waals surface area contributed by atoms with Gasteiger partial charge in [-0.15, -0.1) is 0 Å². The number of hydrogen-bond acceptors (Lipinski definition) is 1. The van der Waals surface area contributed by atoms with Gasteiger partial charge in [0.25, 0.3) is 5.91 Å². The highest BCUT2D eigenvalue weighted by Gasteiger charge is 2.21. The summed E-state index contributed by atoms with van der Waals surface area (Å²) in [4.78, 5) is 15.7. The summed E-state index contributed by atoms with van der Waals surface area (Å²) in [5.74, 6) is 1.52. The first kappa shape index (κ1) is 14.2. The molecule has 3 rings (SSSR count). The largest absolute Gasteiger partial charge is 0.358 e. The Kier molecular flexibility index (Phi) is 3.75. The lowest BCUT2D eigenvalue weighted by molar-refractivity contribution is 0.0947. The summed E-state index contributed by atoms with van der Waals surface area (Å²) >= 11 is 0. The van der Waals surface area contributed by atoms with E-state index in [-0.39, 0.29) is 5.91 Å². The number of carbonyl (C=O) groups is 1. The van der Waals surface area contributed by atoms with Crippen molar-refractivity contribution in [3.05, 3.63) is 35.0 Å². The van der Waals surface area contributed by atoms with E-state index in [2.05, 4.69) is 31.1 Å². The number of aromatic nitrogens is 1. The van der Waals surface area contributed by atoms with Crippen molar-refractivity contribution in [1.29, 1.82) is 0 Å². The van der Waals surface area contributed by atoms with Gasteiger partial charge in [0, 0.05) is 28.7 Å². The average molecular weight is 284 g/mol. The summed E-state index contributed by atoms with van der Waals surface area (Å²) in [6.45, 7) is 7.27. The predicted octanol–water partition coefficient (Wildman–Crippen LogP) is 3.95. The molecule has 21 heavy (non-hydrogen) atoms. The number of carbonyl (C=O) groups excluding carboxylic acids is 1. The van der Waals surface area contributed by atoms with Gasteiger partial charge in [0.05, 0.1) is 0 Å². The summed E-state index contributed by atoms with van der Waals surface area (Å²) in [5.41, 5.74) is 4.26. The molecule has 1 aromatic heterocycles. The highest BCUT2D eigenvalue weighted by molar-refractivity contribution is 5.99. The number of H-pyrrole nitrogens is 1. The minimum absolute atomic E-state index is 0.0507. The lowest BCUT2D eigenvalue weighted by Gasteiger charge is -2.11. The quantitative estimate of drug-likeness (QED) is 0.880. The van der Waals surface area contributed by atoms with Gasteiger partial charge in [0.2, 0.25) is 0 Å². The molecule has 1 fully saturated rings. The third-order valence-electron chi connectivity index (χ3n) is 4.93. The Bertz CT molecular complexity index is 671. The Morgan fingerprint density at radius 3 is 2.86 bits per heavy atom. The van der Waals surface area contributed by atoms with E-state index >= 15 is 0 Å². The number of nitrogens with one attached hydrogen (secondary N) is 2. The van der Waals surface area contributed by atoms with Gasteiger partial charge in [-0.25, -0.2) is 0 Å². The van der Waals surface area contributed by atoms with Crippen LogP contribution in [0.15, 0.2) is 18.2 Å². The molecule has 3 heteroatoms. The van der Waals surface area contributed by atoms with Crippen molar-refractivity contribution in [3.63, 3.8) is 0 Å². The zero-order valence-corrected chi connectivity index (χ0v) is 13.1. The van der Waals surface area contributed by atoms with Gasteiger partial charge in [-0.1, -0.05) is 13.3 Å². The Labute approximate surface area is 126 Å². The summed E-state index contributed by atoms with van der Waals surface area (Å²) in [5, 5.41) is 4.25. The Hall–Kier alpha value is -1.77. The van der Waals surface area contributed by atoms with Gasteiger partial charge in [0.1, 0.15) is 0 Å². The second kappa shape index (κ2) is 5.55. The van der Waals surface area contributed by atoms with Crippen LogP contribution in [0.25, 0.3) is 10.9 Å². The molecule has 2 atom stereocenters. The minimum Gasteiger partial charge on any atom is -0.358 e. The minimum atomic E-state index is 0.0507. The molecule has 2 unspecified atom stereocenters. The zero-order valence-electron chi connectivity index (χ0n) is 13.1. The molecule has 1 aromatic carbocycles. The average Bonchev–Trinajstić information content (AvgIpc) is 3.01. The maximum absolute atomic E-state index is 12.3. The van der Waals surface area contributed by atoms with Crippen LogP contribution in [-0.4, -0.2) is 17.4 Å². The van der Waals surface area contributed by atoms with Gasteiger partial charge < -0.3 is 10.3 Å². The lowest BCUT2D eigenvalue weighted by atomic mass is 10.1. The van der Waals surface area contributed by atoms with E-state index < -0.39 is 0 Å². The fourth-order valence-electron chi connectivity index (χ4n) is 3.45. The lowest BCUT2D eigenvalue weighted by Crippen LogP contribution is -2.28. The van der Waals surface area contributed by atoms with Crippen LogP contribution in [0.5, 0.6) is 0 Å². The molecule has 0 spiro atoms.